The van der Waals surface area contributed by atoms with Gasteiger partial charge in [0, 0.05) is 12.5 Å². The fraction of sp³-hybridized carbons (Fsp3) is 0.500. The summed E-state index contributed by atoms with van der Waals surface area (Å²) >= 11 is 0. The van der Waals surface area contributed by atoms with E-state index in [2.05, 4.69) is 10.1 Å². The molecule has 2 nitrogen and oxygen atoms in total. The van der Waals surface area contributed by atoms with Gasteiger partial charge in [0.05, 0.1) is 6.61 Å². The molecule has 0 radical (unpaired) electrons. The zero-order valence-electron chi connectivity index (χ0n) is 9.93. The van der Waals surface area contributed by atoms with Crippen LogP contribution in [0.1, 0.15) is 11.5 Å². The summed E-state index contributed by atoms with van der Waals surface area (Å²) in [5, 5.41) is 2.87. The SMILES string of the molecule is CNCC(COCC(F)(F)F)c1ccc(F)cc1. The van der Waals surface area contributed by atoms with Crippen molar-refractivity contribution in [3.63, 3.8) is 0 Å². The van der Waals surface area contributed by atoms with Gasteiger partial charge in [0.1, 0.15) is 12.4 Å². The maximum absolute atomic E-state index is 12.7. The van der Waals surface area contributed by atoms with Crippen molar-refractivity contribution in [2.24, 2.45) is 0 Å². The van der Waals surface area contributed by atoms with Gasteiger partial charge in [-0.1, -0.05) is 12.1 Å². The van der Waals surface area contributed by atoms with Crippen LogP contribution in [-0.2, 0) is 4.74 Å². The van der Waals surface area contributed by atoms with Crippen molar-refractivity contribution in [2.45, 2.75) is 12.1 Å². The molecule has 0 bridgehead atoms. The highest BCUT2D eigenvalue weighted by atomic mass is 19.4. The normalized spacial score (nSPS) is 13.6. The second-order valence-electron chi connectivity index (χ2n) is 3.94. The van der Waals surface area contributed by atoms with E-state index in [1.807, 2.05) is 0 Å². The Hall–Kier alpha value is -1.14. The van der Waals surface area contributed by atoms with Crippen LogP contribution < -0.4 is 5.32 Å². The number of rotatable bonds is 6. The Bertz CT molecular complexity index is 350. The third-order valence-corrected chi connectivity index (χ3v) is 2.38. The number of alkyl halides is 3. The first kappa shape index (κ1) is 14.9. The highest BCUT2D eigenvalue weighted by Crippen LogP contribution is 2.19. The summed E-state index contributed by atoms with van der Waals surface area (Å²) in [6, 6.07) is 5.66. The molecule has 0 heterocycles. The number of nitrogens with one attached hydrogen (secondary N) is 1. The van der Waals surface area contributed by atoms with Crippen molar-refractivity contribution < 1.29 is 22.3 Å². The van der Waals surface area contributed by atoms with E-state index in [0.717, 1.165) is 5.56 Å². The molecule has 0 aliphatic rings. The van der Waals surface area contributed by atoms with Gasteiger partial charge in [0.25, 0.3) is 0 Å². The van der Waals surface area contributed by atoms with E-state index in [-0.39, 0.29) is 18.3 Å². The Labute approximate surface area is 103 Å². The van der Waals surface area contributed by atoms with E-state index in [1.165, 1.54) is 12.1 Å². The zero-order valence-corrected chi connectivity index (χ0v) is 9.93. The fourth-order valence-electron chi connectivity index (χ4n) is 1.57. The number of halogens is 4. The van der Waals surface area contributed by atoms with Gasteiger partial charge in [0.15, 0.2) is 0 Å². The molecule has 1 unspecified atom stereocenters. The molecule has 0 spiro atoms. The molecule has 1 aromatic carbocycles. The number of ether oxygens (including phenoxy) is 1. The van der Waals surface area contributed by atoms with Crippen LogP contribution in [0.15, 0.2) is 24.3 Å². The molecule has 0 aliphatic heterocycles. The summed E-state index contributed by atoms with van der Waals surface area (Å²) in [7, 11) is 1.69. The quantitative estimate of drug-likeness (QED) is 0.798. The first-order valence-corrected chi connectivity index (χ1v) is 5.47. The predicted molar refractivity (Wildman–Crippen MR) is 59.9 cm³/mol. The van der Waals surface area contributed by atoms with Crippen molar-refractivity contribution in [3.8, 4) is 0 Å². The van der Waals surface area contributed by atoms with Crippen LogP contribution in [0.4, 0.5) is 17.6 Å². The van der Waals surface area contributed by atoms with E-state index >= 15 is 0 Å². The summed E-state index contributed by atoms with van der Waals surface area (Å²) in [5.41, 5.74) is 0.743. The van der Waals surface area contributed by atoms with E-state index in [0.29, 0.717) is 6.54 Å². The highest BCUT2D eigenvalue weighted by Gasteiger charge is 2.28. The first-order chi connectivity index (χ1) is 8.42. The molecule has 0 saturated carbocycles. The van der Waals surface area contributed by atoms with Crippen LogP contribution in [0.5, 0.6) is 0 Å². The molecule has 0 amide bonds. The monoisotopic (exact) mass is 265 g/mol. The van der Waals surface area contributed by atoms with Crippen LogP contribution in [0.2, 0.25) is 0 Å². The van der Waals surface area contributed by atoms with Gasteiger partial charge in [-0.3, -0.25) is 0 Å². The lowest BCUT2D eigenvalue weighted by molar-refractivity contribution is -0.174. The van der Waals surface area contributed by atoms with Crippen LogP contribution >= 0.6 is 0 Å². The molecule has 18 heavy (non-hydrogen) atoms. The summed E-state index contributed by atoms with van der Waals surface area (Å²) in [4.78, 5) is 0. The van der Waals surface area contributed by atoms with Gasteiger partial charge in [0.2, 0.25) is 0 Å². The van der Waals surface area contributed by atoms with Crippen molar-refractivity contribution in [1.82, 2.24) is 5.32 Å². The number of likely N-dealkylation sites (N-methyl/N-ethyl adjacent to an activating group) is 1. The smallest absolute Gasteiger partial charge is 0.371 e. The lowest BCUT2D eigenvalue weighted by atomic mass is 10.00. The zero-order chi connectivity index (χ0) is 13.6. The van der Waals surface area contributed by atoms with Crippen molar-refractivity contribution in [2.75, 3.05) is 26.8 Å². The third kappa shape index (κ3) is 5.46. The molecule has 0 aromatic heterocycles. The second-order valence-corrected chi connectivity index (χ2v) is 3.94. The summed E-state index contributed by atoms with van der Waals surface area (Å²) < 4.78 is 53.3. The van der Waals surface area contributed by atoms with E-state index in [4.69, 9.17) is 0 Å². The Kier molecular flexibility index (Phi) is 5.55. The van der Waals surface area contributed by atoms with Crippen molar-refractivity contribution >= 4 is 0 Å². The van der Waals surface area contributed by atoms with Crippen LogP contribution in [0.3, 0.4) is 0 Å². The molecular weight excluding hydrogens is 250 g/mol. The highest BCUT2D eigenvalue weighted by molar-refractivity contribution is 5.20. The van der Waals surface area contributed by atoms with Gasteiger partial charge in [-0.2, -0.15) is 13.2 Å². The standard InChI is InChI=1S/C12H15F4NO/c1-17-6-10(7-18-8-12(14,15)16)9-2-4-11(13)5-3-9/h2-5,10,17H,6-8H2,1H3. The first-order valence-electron chi connectivity index (χ1n) is 5.47. The maximum Gasteiger partial charge on any atom is 0.411 e. The lowest BCUT2D eigenvalue weighted by Crippen LogP contribution is -2.25. The molecule has 0 fully saturated rings. The number of hydrogen-bond acceptors (Lipinski definition) is 2. The van der Waals surface area contributed by atoms with Gasteiger partial charge >= 0.3 is 6.18 Å². The van der Waals surface area contributed by atoms with E-state index < -0.39 is 12.8 Å². The van der Waals surface area contributed by atoms with Crippen LogP contribution in [0.25, 0.3) is 0 Å². The lowest BCUT2D eigenvalue weighted by Gasteiger charge is -2.18. The van der Waals surface area contributed by atoms with E-state index in [9.17, 15) is 17.6 Å². The predicted octanol–water partition coefficient (Wildman–Crippen LogP) is 2.71. The average molecular weight is 265 g/mol. The molecule has 1 rings (SSSR count). The minimum absolute atomic E-state index is 0.0635. The molecule has 102 valence electrons. The van der Waals surface area contributed by atoms with Crippen molar-refractivity contribution in [3.05, 3.63) is 35.6 Å². The Morgan fingerprint density at radius 2 is 1.83 bits per heavy atom. The molecular formula is C12H15F4NO. The molecule has 1 atom stereocenters. The van der Waals surface area contributed by atoms with Crippen molar-refractivity contribution in [1.29, 1.82) is 0 Å². The summed E-state index contributed by atoms with van der Waals surface area (Å²) in [5.74, 6) is -0.615. The Morgan fingerprint density at radius 1 is 1.22 bits per heavy atom. The van der Waals surface area contributed by atoms with Gasteiger partial charge in [-0.15, -0.1) is 0 Å². The van der Waals surface area contributed by atoms with Gasteiger partial charge < -0.3 is 10.1 Å². The minimum atomic E-state index is -4.33. The Morgan fingerprint density at radius 3 is 2.33 bits per heavy atom. The second kappa shape index (κ2) is 6.70. The maximum atomic E-state index is 12.7. The topological polar surface area (TPSA) is 21.3 Å². The van der Waals surface area contributed by atoms with Crippen LogP contribution in [-0.4, -0.2) is 33.0 Å². The average Bonchev–Trinajstić information content (AvgIpc) is 2.27. The molecule has 6 heteroatoms. The molecule has 0 aliphatic carbocycles. The molecule has 1 N–H and O–H groups in total. The largest absolute Gasteiger partial charge is 0.411 e. The number of benzene rings is 1. The third-order valence-electron chi connectivity index (χ3n) is 2.38. The molecule has 1 aromatic rings. The number of hydrogen-bond donors (Lipinski definition) is 1. The van der Waals surface area contributed by atoms with E-state index in [1.54, 1.807) is 19.2 Å². The molecule has 0 saturated heterocycles. The van der Waals surface area contributed by atoms with Gasteiger partial charge in [-0.05, 0) is 24.7 Å². The minimum Gasteiger partial charge on any atom is -0.371 e. The fourth-order valence-corrected chi connectivity index (χ4v) is 1.57. The summed E-state index contributed by atoms with van der Waals surface area (Å²) in [6.07, 6.45) is -4.33. The Balaban J connectivity index is 2.57. The van der Waals surface area contributed by atoms with Gasteiger partial charge in [-0.25, -0.2) is 4.39 Å². The van der Waals surface area contributed by atoms with Crippen LogP contribution in [0, 0.1) is 5.82 Å². The summed E-state index contributed by atoms with van der Waals surface area (Å²) in [6.45, 7) is -0.871.